The van der Waals surface area contributed by atoms with Gasteiger partial charge in [0.1, 0.15) is 0 Å². The molecule has 1 amide bonds. The molecule has 1 N–H and O–H groups in total. The van der Waals surface area contributed by atoms with Gasteiger partial charge in [-0.15, -0.1) is 0 Å². The number of carbonyl (C=O) groups is 1. The first kappa shape index (κ1) is 15.8. The average molecular weight is 290 g/mol. The SMILES string of the molecule is CCC[C@H](NC(=O)c1ccn(C)c(=O)c1)C1CCCCC1. The van der Waals surface area contributed by atoms with Crippen LogP contribution in [0.15, 0.2) is 23.1 Å². The second kappa shape index (κ2) is 7.43. The smallest absolute Gasteiger partial charge is 0.251 e. The summed E-state index contributed by atoms with van der Waals surface area (Å²) >= 11 is 0. The number of aryl methyl sites for hydroxylation is 1. The van der Waals surface area contributed by atoms with Crippen molar-refractivity contribution in [2.24, 2.45) is 13.0 Å². The van der Waals surface area contributed by atoms with E-state index < -0.39 is 0 Å². The van der Waals surface area contributed by atoms with Gasteiger partial charge in [-0.05, 0) is 31.2 Å². The minimum atomic E-state index is -0.146. The molecule has 0 aromatic carbocycles. The highest BCUT2D eigenvalue weighted by atomic mass is 16.2. The standard InChI is InChI=1S/C17H26N2O2/c1-3-7-15(13-8-5-4-6-9-13)18-17(21)14-10-11-19(2)16(20)12-14/h10-13,15H,3-9H2,1-2H3,(H,18,21)/t15-/m0/s1. The van der Waals surface area contributed by atoms with Crippen molar-refractivity contribution in [3.63, 3.8) is 0 Å². The van der Waals surface area contributed by atoms with Crippen molar-refractivity contribution in [3.8, 4) is 0 Å². The lowest BCUT2D eigenvalue weighted by molar-refractivity contribution is 0.0908. The Morgan fingerprint density at radius 1 is 1.38 bits per heavy atom. The third-order valence-electron chi connectivity index (χ3n) is 4.50. The van der Waals surface area contributed by atoms with Gasteiger partial charge in [0.05, 0.1) is 0 Å². The van der Waals surface area contributed by atoms with Crippen LogP contribution in [0.3, 0.4) is 0 Å². The van der Waals surface area contributed by atoms with Gasteiger partial charge in [0.15, 0.2) is 0 Å². The van der Waals surface area contributed by atoms with Gasteiger partial charge in [-0.2, -0.15) is 0 Å². The number of amides is 1. The van der Waals surface area contributed by atoms with Crippen LogP contribution in [0.5, 0.6) is 0 Å². The fourth-order valence-electron chi connectivity index (χ4n) is 3.21. The van der Waals surface area contributed by atoms with Gasteiger partial charge in [0.2, 0.25) is 0 Å². The van der Waals surface area contributed by atoms with E-state index in [1.807, 2.05) is 0 Å². The number of aromatic nitrogens is 1. The number of nitrogens with one attached hydrogen (secondary N) is 1. The second-order valence-electron chi connectivity index (χ2n) is 6.13. The van der Waals surface area contributed by atoms with Gasteiger partial charge in [0, 0.05) is 30.9 Å². The highest BCUT2D eigenvalue weighted by Crippen LogP contribution is 2.28. The van der Waals surface area contributed by atoms with Gasteiger partial charge in [0.25, 0.3) is 11.5 Å². The first-order valence-electron chi connectivity index (χ1n) is 8.09. The topological polar surface area (TPSA) is 51.1 Å². The van der Waals surface area contributed by atoms with Gasteiger partial charge >= 0.3 is 0 Å². The van der Waals surface area contributed by atoms with Gasteiger partial charge in [-0.25, -0.2) is 0 Å². The Kier molecular flexibility index (Phi) is 5.59. The van der Waals surface area contributed by atoms with Crippen LogP contribution in [0.25, 0.3) is 0 Å². The monoisotopic (exact) mass is 290 g/mol. The normalized spacial score (nSPS) is 17.4. The molecule has 1 atom stereocenters. The summed E-state index contributed by atoms with van der Waals surface area (Å²) in [6.45, 7) is 2.15. The largest absolute Gasteiger partial charge is 0.349 e. The van der Waals surface area contributed by atoms with Crippen molar-refractivity contribution in [2.75, 3.05) is 0 Å². The molecule has 0 spiro atoms. The maximum atomic E-state index is 12.4. The minimum Gasteiger partial charge on any atom is -0.349 e. The first-order valence-corrected chi connectivity index (χ1v) is 8.09. The number of rotatable bonds is 5. The van der Waals surface area contributed by atoms with E-state index in [1.165, 1.54) is 42.7 Å². The van der Waals surface area contributed by atoms with E-state index in [2.05, 4.69) is 12.2 Å². The van der Waals surface area contributed by atoms with E-state index in [-0.39, 0.29) is 17.5 Å². The molecule has 1 aromatic rings. The van der Waals surface area contributed by atoms with Crippen LogP contribution in [0.2, 0.25) is 0 Å². The van der Waals surface area contributed by atoms with Crippen molar-refractivity contribution in [2.45, 2.75) is 57.9 Å². The molecule has 1 heterocycles. The van der Waals surface area contributed by atoms with E-state index >= 15 is 0 Å². The van der Waals surface area contributed by atoms with E-state index in [1.54, 1.807) is 19.3 Å². The van der Waals surface area contributed by atoms with Crippen molar-refractivity contribution in [1.29, 1.82) is 0 Å². The number of hydrogen-bond acceptors (Lipinski definition) is 2. The molecule has 116 valence electrons. The molecule has 0 aliphatic heterocycles. The predicted octanol–water partition coefficient (Wildman–Crippen LogP) is 2.86. The molecule has 4 nitrogen and oxygen atoms in total. The second-order valence-corrected chi connectivity index (χ2v) is 6.13. The lowest BCUT2D eigenvalue weighted by Gasteiger charge is -2.31. The average Bonchev–Trinajstić information content (AvgIpc) is 2.50. The van der Waals surface area contributed by atoms with Crippen LogP contribution in [-0.2, 0) is 7.05 Å². The summed E-state index contributed by atoms with van der Waals surface area (Å²) in [4.78, 5) is 24.0. The van der Waals surface area contributed by atoms with Gasteiger partial charge in [-0.1, -0.05) is 32.6 Å². The van der Waals surface area contributed by atoms with E-state index in [0.717, 1.165) is 12.8 Å². The molecule has 21 heavy (non-hydrogen) atoms. The Labute approximate surface area is 126 Å². The first-order chi connectivity index (χ1) is 10.1. The summed E-state index contributed by atoms with van der Waals surface area (Å²) in [5.74, 6) is 0.478. The third kappa shape index (κ3) is 4.19. The zero-order chi connectivity index (χ0) is 15.2. The summed E-state index contributed by atoms with van der Waals surface area (Å²) in [5, 5.41) is 3.16. The molecule has 1 saturated carbocycles. The number of hydrogen-bond donors (Lipinski definition) is 1. The number of nitrogens with zero attached hydrogens (tertiary/aromatic N) is 1. The van der Waals surface area contributed by atoms with Crippen molar-refractivity contribution in [1.82, 2.24) is 9.88 Å². The van der Waals surface area contributed by atoms with Crippen LogP contribution in [0.4, 0.5) is 0 Å². The zero-order valence-corrected chi connectivity index (χ0v) is 13.1. The van der Waals surface area contributed by atoms with Gasteiger partial charge in [-0.3, -0.25) is 9.59 Å². The molecule has 1 aliphatic carbocycles. The van der Waals surface area contributed by atoms with E-state index in [9.17, 15) is 9.59 Å². The van der Waals surface area contributed by atoms with Crippen LogP contribution < -0.4 is 10.9 Å². The van der Waals surface area contributed by atoms with Crippen molar-refractivity contribution in [3.05, 3.63) is 34.2 Å². The van der Waals surface area contributed by atoms with Gasteiger partial charge < -0.3 is 9.88 Å². The van der Waals surface area contributed by atoms with Crippen LogP contribution in [0, 0.1) is 5.92 Å². The van der Waals surface area contributed by atoms with Crippen LogP contribution in [0.1, 0.15) is 62.2 Å². The Bertz CT molecular complexity index is 530. The highest BCUT2D eigenvalue weighted by molar-refractivity contribution is 5.94. The third-order valence-corrected chi connectivity index (χ3v) is 4.50. The maximum absolute atomic E-state index is 12.4. The fraction of sp³-hybridized carbons (Fsp3) is 0.647. The summed E-state index contributed by atoms with van der Waals surface area (Å²) in [5.41, 5.74) is 0.322. The Morgan fingerprint density at radius 3 is 2.71 bits per heavy atom. The zero-order valence-electron chi connectivity index (χ0n) is 13.1. The maximum Gasteiger partial charge on any atom is 0.251 e. The highest BCUT2D eigenvalue weighted by Gasteiger charge is 2.24. The molecule has 1 aliphatic rings. The predicted molar refractivity (Wildman–Crippen MR) is 84.4 cm³/mol. The lowest BCUT2D eigenvalue weighted by Crippen LogP contribution is -2.41. The summed E-state index contributed by atoms with van der Waals surface area (Å²) in [7, 11) is 1.69. The number of pyridine rings is 1. The van der Waals surface area contributed by atoms with Crippen LogP contribution >= 0.6 is 0 Å². The molecule has 2 rings (SSSR count). The molecular formula is C17H26N2O2. The fourth-order valence-corrected chi connectivity index (χ4v) is 3.21. The summed E-state index contributed by atoms with van der Waals surface area (Å²) in [6.07, 6.45) is 10.0. The Morgan fingerprint density at radius 2 is 2.10 bits per heavy atom. The molecule has 4 heteroatoms. The van der Waals surface area contributed by atoms with Crippen LogP contribution in [-0.4, -0.2) is 16.5 Å². The van der Waals surface area contributed by atoms with Crippen molar-refractivity contribution < 1.29 is 4.79 Å². The Hall–Kier alpha value is -1.58. The summed E-state index contributed by atoms with van der Waals surface area (Å²) < 4.78 is 1.47. The molecule has 0 unspecified atom stereocenters. The Balaban J connectivity index is 2.06. The summed E-state index contributed by atoms with van der Waals surface area (Å²) in [6, 6.07) is 3.37. The molecule has 1 fully saturated rings. The van der Waals surface area contributed by atoms with E-state index in [0.29, 0.717) is 11.5 Å². The van der Waals surface area contributed by atoms with E-state index in [4.69, 9.17) is 0 Å². The molecular weight excluding hydrogens is 264 g/mol. The quantitative estimate of drug-likeness (QED) is 0.906. The lowest BCUT2D eigenvalue weighted by atomic mass is 9.82. The van der Waals surface area contributed by atoms with Crippen molar-refractivity contribution >= 4 is 5.91 Å². The molecule has 0 radical (unpaired) electrons. The molecule has 0 bridgehead atoms. The number of carbonyl (C=O) groups excluding carboxylic acids is 1. The molecule has 0 saturated heterocycles. The molecule has 1 aromatic heterocycles. The minimum absolute atomic E-state index is 0.114.